The van der Waals surface area contributed by atoms with E-state index in [9.17, 15) is 0 Å². The number of piperidine rings is 1. The summed E-state index contributed by atoms with van der Waals surface area (Å²) in [7, 11) is 0. The van der Waals surface area contributed by atoms with Crippen molar-refractivity contribution in [3.63, 3.8) is 0 Å². The third kappa shape index (κ3) is 2.32. The van der Waals surface area contributed by atoms with E-state index >= 15 is 0 Å². The van der Waals surface area contributed by atoms with E-state index in [-0.39, 0.29) is 0 Å². The molecular weight excluding hydrogens is 348 g/mol. The van der Waals surface area contributed by atoms with Crippen molar-refractivity contribution in [1.82, 2.24) is 14.3 Å². The van der Waals surface area contributed by atoms with Gasteiger partial charge in [-0.15, -0.1) is 11.3 Å². The van der Waals surface area contributed by atoms with Crippen LogP contribution < -0.4 is 4.90 Å². The first-order chi connectivity index (χ1) is 10.3. The summed E-state index contributed by atoms with van der Waals surface area (Å²) in [6.45, 7) is 5.94. The van der Waals surface area contributed by atoms with Crippen molar-refractivity contribution in [3.8, 4) is 0 Å². The fourth-order valence-corrected chi connectivity index (χ4v) is 5.07. The second kappa shape index (κ2) is 5.56. The number of imidazole rings is 1. The van der Waals surface area contributed by atoms with E-state index in [4.69, 9.17) is 4.98 Å². The van der Waals surface area contributed by atoms with Gasteiger partial charge < -0.3 is 4.90 Å². The first-order valence-electron chi connectivity index (χ1n) is 7.79. The van der Waals surface area contributed by atoms with Gasteiger partial charge in [0, 0.05) is 42.1 Å². The van der Waals surface area contributed by atoms with E-state index < -0.39 is 0 Å². The fourth-order valence-electron chi connectivity index (χ4n) is 3.82. The van der Waals surface area contributed by atoms with Crippen molar-refractivity contribution in [2.75, 3.05) is 24.5 Å². The van der Waals surface area contributed by atoms with Gasteiger partial charge in [0.05, 0.1) is 5.69 Å². The number of thiazole rings is 1. The molecule has 2 aliphatic rings. The summed E-state index contributed by atoms with van der Waals surface area (Å²) >= 11 is 5.38. The van der Waals surface area contributed by atoms with Gasteiger partial charge in [-0.2, -0.15) is 0 Å². The molecule has 4 heterocycles. The highest BCUT2D eigenvalue weighted by atomic mass is 79.9. The third-order valence-corrected chi connectivity index (χ3v) is 6.21. The predicted molar refractivity (Wildman–Crippen MR) is 91.7 cm³/mol. The third-order valence-electron chi connectivity index (χ3n) is 4.93. The molecule has 114 valence electrons. The largest absolute Gasteiger partial charge is 0.349 e. The molecule has 0 spiro atoms. The maximum atomic E-state index is 4.91. The van der Waals surface area contributed by atoms with Gasteiger partial charge in [-0.3, -0.25) is 9.30 Å². The molecule has 21 heavy (non-hydrogen) atoms. The van der Waals surface area contributed by atoms with Crippen molar-refractivity contribution >= 4 is 38.0 Å². The Labute approximate surface area is 137 Å². The smallest absolute Gasteiger partial charge is 0.195 e. The number of nitrogens with zero attached hydrogens (tertiary/aromatic N) is 4. The number of aromatic nitrogens is 2. The Bertz CT molecular complexity index is 637. The minimum absolute atomic E-state index is 0.543. The number of piperazine rings is 1. The molecule has 4 rings (SSSR count). The van der Waals surface area contributed by atoms with Crippen LogP contribution in [0.15, 0.2) is 11.6 Å². The molecule has 0 aromatic carbocycles. The van der Waals surface area contributed by atoms with Crippen LogP contribution in [0.3, 0.4) is 0 Å². The molecule has 0 bridgehead atoms. The number of alkyl halides is 1. The number of rotatable bonds is 2. The van der Waals surface area contributed by atoms with E-state index in [1.165, 1.54) is 43.9 Å². The molecular formula is C15H21BrN4S. The van der Waals surface area contributed by atoms with Crippen LogP contribution >= 0.6 is 27.3 Å². The van der Waals surface area contributed by atoms with Gasteiger partial charge in [-0.1, -0.05) is 22.4 Å². The van der Waals surface area contributed by atoms with E-state index in [0.29, 0.717) is 6.04 Å². The van der Waals surface area contributed by atoms with Crippen molar-refractivity contribution < 1.29 is 0 Å². The SMILES string of the molecule is CC1CN2CCCCC2CN1c1nc2sccn2c1CBr. The monoisotopic (exact) mass is 368 g/mol. The molecule has 2 unspecified atom stereocenters. The molecule has 2 aromatic rings. The van der Waals surface area contributed by atoms with Gasteiger partial charge in [0.25, 0.3) is 0 Å². The molecule has 0 N–H and O–H groups in total. The Balaban J connectivity index is 1.68. The summed E-state index contributed by atoms with van der Waals surface area (Å²) < 4.78 is 2.23. The van der Waals surface area contributed by atoms with Crippen LogP contribution in [-0.4, -0.2) is 46.0 Å². The van der Waals surface area contributed by atoms with Crippen LogP contribution in [0.5, 0.6) is 0 Å². The standard InChI is InChI=1S/C15H21BrN4S/c1-11-9-18-5-3-2-4-12(18)10-20(11)14-13(8-16)19-6-7-21-15(19)17-14/h6-7,11-12H,2-5,8-10H2,1H3. The molecule has 2 saturated heterocycles. The average molecular weight is 369 g/mol. The molecule has 0 amide bonds. The Kier molecular flexibility index (Phi) is 3.71. The van der Waals surface area contributed by atoms with Crippen LogP contribution in [0.2, 0.25) is 0 Å². The second-order valence-corrected chi connectivity index (χ2v) is 7.65. The van der Waals surface area contributed by atoms with Crippen LogP contribution in [0.25, 0.3) is 4.96 Å². The Morgan fingerprint density at radius 1 is 1.38 bits per heavy atom. The number of hydrogen-bond donors (Lipinski definition) is 0. The van der Waals surface area contributed by atoms with Gasteiger partial charge >= 0.3 is 0 Å². The summed E-state index contributed by atoms with van der Waals surface area (Å²) in [5.41, 5.74) is 1.29. The minimum atomic E-state index is 0.543. The first kappa shape index (κ1) is 14.0. The average Bonchev–Trinajstić information content (AvgIpc) is 3.06. The van der Waals surface area contributed by atoms with Gasteiger partial charge in [0.15, 0.2) is 10.8 Å². The summed E-state index contributed by atoms with van der Waals surface area (Å²) in [5, 5.41) is 2.97. The number of fused-ring (bicyclic) bond motifs is 2. The van der Waals surface area contributed by atoms with E-state index in [1.807, 2.05) is 0 Å². The summed E-state index contributed by atoms with van der Waals surface area (Å²) in [4.78, 5) is 11.3. The lowest BCUT2D eigenvalue weighted by Crippen LogP contribution is -2.59. The van der Waals surface area contributed by atoms with Crippen LogP contribution in [0.1, 0.15) is 31.9 Å². The van der Waals surface area contributed by atoms with Crippen LogP contribution in [0.4, 0.5) is 5.82 Å². The molecule has 2 aliphatic heterocycles. The van der Waals surface area contributed by atoms with Crippen LogP contribution in [0, 0.1) is 0 Å². The zero-order valence-electron chi connectivity index (χ0n) is 12.3. The normalized spacial score (nSPS) is 27.2. The highest BCUT2D eigenvalue weighted by molar-refractivity contribution is 9.08. The Morgan fingerprint density at radius 3 is 3.14 bits per heavy atom. The van der Waals surface area contributed by atoms with Crippen LogP contribution in [-0.2, 0) is 5.33 Å². The first-order valence-corrected chi connectivity index (χ1v) is 9.79. The quantitative estimate of drug-likeness (QED) is 0.759. The van der Waals surface area contributed by atoms with Gasteiger partial charge in [0.2, 0.25) is 0 Å². The highest BCUT2D eigenvalue weighted by Gasteiger charge is 2.35. The van der Waals surface area contributed by atoms with Crippen molar-refractivity contribution in [2.24, 2.45) is 0 Å². The fraction of sp³-hybridized carbons (Fsp3) is 0.667. The van der Waals surface area contributed by atoms with Gasteiger partial charge in [-0.25, -0.2) is 4.98 Å². The maximum Gasteiger partial charge on any atom is 0.195 e. The van der Waals surface area contributed by atoms with E-state index in [0.717, 1.165) is 22.9 Å². The molecule has 2 atom stereocenters. The van der Waals surface area contributed by atoms with Crippen molar-refractivity contribution in [2.45, 2.75) is 43.6 Å². The number of anilines is 1. The molecule has 0 radical (unpaired) electrons. The summed E-state index contributed by atoms with van der Waals surface area (Å²) in [6.07, 6.45) is 6.23. The summed E-state index contributed by atoms with van der Waals surface area (Å²) in [6, 6.07) is 1.26. The second-order valence-electron chi connectivity index (χ2n) is 6.22. The molecule has 2 aromatic heterocycles. The topological polar surface area (TPSA) is 23.8 Å². The lowest BCUT2D eigenvalue weighted by molar-refractivity contribution is 0.115. The van der Waals surface area contributed by atoms with E-state index in [1.54, 1.807) is 11.3 Å². The highest BCUT2D eigenvalue weighted by Crippen LogP contribution is 2.32. The lowest BCUT2D eigenvalue weighted by Gasteiger charge is -2.47. The predicted octanol–water partition coefficient (Wildman–Crippen LogP) is 3.35. The van der Waals surface area contributed by atoms with Crippen molar-refractivity contribution in [3.05, 3.63) is 17.3 Å². The molecule has 0 saturated carbocycles. The Hall–Kier alpha value is -0.590. The van der Waals surface area contributed by atoms with Gasteiger partial charge in [0.1, 0.15) is 0 Å². The molecule has 0 aliphatic carbocycles. The Morgan fingerprint density at radius 2 is 2.29 bits per heavy atom. The zero-order valence-corrected chi connectivity index (χ0v) is 14.7. The van der Waals surface area contributed by atoms with Gasteiger partial charge in [-0.05, 0) is 26.3 Å². The maximum absolute atomic E-state index is 4.91. The molecule has 2 fully saturated rings. The number of halogens is 1. The molecule has 6 heteroatoms. The zero-order chi connectivity index (χ0) is 14.4. The summed E-state index contributed by atoms with van der Waals surface area (Å²) in [5.74, 6) is 1.19. The van der Waals surface area contributed by atoms with Crippen molar-refractivity contribution in [1.29, 1.82) is 0 Å². The molecule has 4 nitrogen and oxygen atoms in total. The minimum Gasteiger partial charge on any atom is -0.349 e. The lowest BCUT2D eigenvalue weighted by atomic mass is 9.97. The van der Waals surface area contributed by atoms with E-state index in [2.05, 4.69) is 48.6 Å². The number of hydrogen-bond acceptors (Lipinski definition) is 4.